The molecular weight excluding hydrogens is 400 g/mol. The molecule has 132 valence electrons. The molecule has 2 atom stereocenters. The fourth-order valence-corrected chi connectivity index (χ4v) is 5.83. The van der Waals surface area contributed by atoms with Gasteiger partial charge >= 0.3 is 0 Å². The number of aryl methyl sites for hydroxylation is 1. The number of carbonyl (C=O) groups excluding carboxylic acids is 1. The van der Waals surface area contributed by atoms with Crippen molar-refractivity contribution >= 4 is 38.2 Å². The van der Waals surface area contributed by atoms with E-state index in [-0.39, 0.29) is 11.7 Å². The van der Waals surface area contributed by atoms with Crippen LogP contribution in [0.2, 0.25) is 0 Å². The highest BCUT2D eigenvalue weighted by molar-refractivity contribution is 9.10. The fourth-order valence-electron chi connectivity index (χ4n) is 3.85. The molecule has 25 heavy (non-hydrogen) atoms. The van der Waals surface area contributed by atoms with Gasteiger partial charge in [-0.15, -0.1) is 11.3 Å². The topological polar surface area (TPSA) is 61.4 Å². The molecule has 0 fully saturated rings. The number of benzene rings is 1. The maximum absolute atomic E-state index is 12.8. The minimum absolute atomic E-state index is 0.0387. The first-order chi connectivity index (χ1) is 12.0. The number of halogens is 1. The number of phenolic OH excluding ortho intramolecular Hbond substituents is 1. The second-order valence-corrected chi connectivity index (χ2v) is 8.96. The standard InChI is InChI=1S/C19H21BrN2O2S/c1-3-10-4-5-12-14(7-10)25-19-15(12)18(24)21-17(22-19)13-8-11(20)6-9(2)16(13)23/h6,8,10,17,22-23H,3-5,7H2,1-2H3,(H,21,24)/t10-,17+/m0/s1. The van der Waals surface area contributed by atoms with Crippen molar-refractivity contribution in [2.24, 2.45) is 5.92 Å². The van der Waals surface area contributed by atoms with E-state index >= 15 is 0 Å². The van der Waals surface area contributed by atoms with Crippen LogP contribution in [-0.2, 0) is 12.8 Å². The molecule has 3 N–H and O–H groups in total. The van der Waals surface area contributed by atoms with Crippen LogP contribution in [0.5, 0.6) is 5.75 Å². The zero-order valence-corrected chi connectivity index (χ0v) is 16.7. The molecular formula is C19H21BrN2O2S. The predicted octanol–water partition coefficient (Wildman–Crippen LogP) is 4.89. The van der Waals surface area contributed by atoms with Crippen molar-refractivity contribution in [3.63, 3.8) is 0 Å². The number of hydrogen-bond donors (Lipinski definition) is 3. The predicted molar refractivity (Wildman–Crippen MR) is 104 cm³/mol. The Morgan fingerprint density at radius 2 is 2.16 bits per heavy atom. The number of fused-ring (bicyclic) bond motifs is 3. The molecule has 1 amide bonds. The molecule has 1 aromatic carbocycles. The number of anilines is 1. The van der Waals surface area contributed by atoms with Gasteiger partial charge in [0, 0.05) is 14.9 Å². The summed E-state index contributed by atoms with van der Waals surface area (Å²) < 4.78 is 0.885. The third-order valence-corrected chi connectivity index (χ3v) is 6.97. The third-order valence-electron chi connectivity index (χ3n) is 5.33. The molecule has 1 aromatic heterocycles. The molecule has 6 heteroatoms. The van der Waals surface area contributed by atoms with E-state index in [1.54, 1.807) is 11.3 Å². The number of aromatic hydroxyl groups is 1. The van der Waals surface area contributed by atoms with Crippen molar-refractivity contribution in [1.82, 2.24) is 5.32 Å². The van der Waals surface area contributed by atoms with Gasteiger partial charge in [0.2, 0.25) is 0 Å². The first kappa shape index (κ1) is 16.9. The first-order valence-electron chi connectivity index (χ1n) is 8.68. The molecule has 0 spiro atoms. The van der Waals surface area contributed by atoms with E-state index in [9.17, 15) is 9.90 Å². The molecule has 4 nitrogen and oxygen atoms in total. The Kier molecular flexibility index (Phi) is 4.28. The van der Waals surface area contributed by atoms with Gasteiger partial charge in [-0.25, -0.2) is 0 Å². The van der Waals surface area contributed by atoms with Gasteiger partial charge in [0.05, 0.1) is 5.56 Å². The number of nitrogens with one attached hydrogen (secondary N) is 2. The van der Waals surface area contributed by atoms with Gasteiger partial charge in [-0.1, -0.05) is 29.3 Å². The summed E-state index contributed by atoms with van der Waals surface area (Å²) in [6.45, 7) is 4.09. The largest absolute Gasteiger partial charge is 0.507 e. The summed E-state index contributed by atoms with van der Waals surface area (Å²) in [5.41, 5.74) is 3.51. The number of thiophene rings is 1. The minimum atomic E-state index is -0.418. The normalized spacial score (nSPS) is 22.0. The van der Waals surface area contributed by atoms with Crippen LogP contribution in [0.1, 0.15) is 57.9 Å². The fraction of sp³-hybridized carbons (Fsp3) is 0.421. The lowest BCUT2D eigenvalue weighted by Crippen LogP contribution is -2.38. The van der Waals surface area contributed by atoms with E-state index in [0.717, 1.165) is 45.8 Å². The lowest BCUT2D eigenvalue weighted by Gasteiger charge is -2.28. The van der Waals surface area contributed by atoms with Gasteiger partial charge in [-0.2, -0.15) is 0 Å². The summed E-state index contributed by atoms with van der Waals surface area (Å²) in [5.74, 6) is 0.906. The van der Waals surface area contributed by atoms with Crippen molar-refractivity contribution in [1.29, 1.82) is 0 Å². The molecule has 1 aliphatic heterocycles. The maximum Gasteiger partial charge on any atom is 0.256 e. The number of rotatable bonds is 2. The summed E-state index contributed by atoms with van der Waals surface area (Å²) in [4.78, 5) is 14.1. The van der Waals surface area contributed by atoms with Crippen molar-refractivity contribution in [2.75, 3.05) is 5.32 Å². The maximum atomic E-state index is 12.8. The van der Waals surface area contributed by atoms with Crippen LogP contribution in [0.4, 0.5) is 5.00 Å². The Morgan fingerprint density at radius 1 is 1.36 bits per heavy atom. The Hall–Kier alpha value is -1.53. The zero-order chi connectivity index (χ0) is 17.7. The SMILES string of the molecule is CC[C@H]1CCc2c(sc3c2C(=O)N[C@@H](c2cc(Br)cc(C)c2O)N3)C1. The Bertz CT molecular complexity index is 862. The number of carbonyl (C=O) groups is 1. The third kappa shape index (κ3) is 2.85. The molecule has 0 bridgehead atoms. The highest BCUT2D eigenvalue weighted by Crippen LogP contribution is 2.44. The van der Waals surface area contributed by atoms with E-state index in [1.807, 2.05) is 19.1 Å². The van der Waals surface area contributed by atoms with Crippen LogP contribution in [0, 0.1) is 12.8 Å². The van der Waals surface area contributed by atoms with E-state index < -0.39 is 6.17 Å². The Morgan fingerprint density at radius 3 is 2.92 bits per heavy atom. The second-order valence-electron chi connectivity index (χ2n) is 6.94. The average molecular weight is 421 g/mol. The lowest BCUT2D eigenvalue weighted by molar-refractivity contribution is 0.0934. The molecule has 1 aliphatic carbocycles. The summed E-state index contributed by atoms with van der Waals surface area (Å²) >= 11 is 5.18. The average Bonchev–Trinajstić information content (AvgIpc) is 2.95. The van der Waals surface area contributed by atoms with Crippen molar-refractivity contribution in [3.8, 4) is 5.75 Å². The molecule has 4 rings (SSSR count). The highest BCUT2D eigenvalue weighted by atomic mass is 79.9. The van der Waals surface area contributed by atoms with Crippen LogP contribution in [0.25, 0.3) is 0 Å². The van der Waals surface area contributed by atoms with E-state index in [4.69, 9.17) is 0 Å². The van der Waals surface area contributed by atoms with Crippen molar-refractivity contribution < 1.29 is 9.90 Å². The van der Waals surface area contributed by atoms with Gasteiger partial charge in [-0.3, -0.25) is 4.79 Å². The van der Waals surface area contributed by atoms with Gasteiger partial charge < -0.3 is 15.7 Å². The van der Waals surface area contributed by atoms with Gasteiger partial charge in [-0.05, 0) is 55.4 Å². The smallest absolute Gasteiger partial charge is 0.256 e. The van der Waals surface area contributed by atoms with Crippen LogP contribution in [0.15, 0.2) is 16.6 Å². The second kappa shape index (κ2) is 6.32. The molecule has 0 saturated heterocycles. The zero-order valence-electron chi connectivity index (χ0n) is 14.3. The lowest BCUT2D eigenvalue weighted by atomic mass is 9.85. The van der Waals surface area contributed by atoms with Crippen LogP contribution in [-0.4, -0.2) is 11.0 Å². The monoisotopic (exact) mass is 420 g/mol. The molecule has 2 aromatic rings. The molecule has 0 unspecified atom stereocenters. The Labute approximate surface area is 159 Å². The van der Waals surface area contributed by atoms with Crippen LogP contribution in [0.3, 0.4) is 0 Å². The quantitative estimate of drug-likeness (QED) is 0.647. The Balaban J connectivity index is 1.71. The summed E-state index contributed by atoms with van der Waals surface area (Å²) in [7, 11) is 0. The van der Waals surface area contributed by atoms with E-state index in [0.29, 0.717) is 5.56 Å². The molecule has 0 saturated carbocycles. The van der Waals surface area contributed by atoms with Gasteiger partial charge in [0.25, 0.3) is 5.91 Å². The number of hydrogen-bond acceptors (Lipinski definition) is 4. The van der Waals surface area contributed by atoms with Crippen molar-refractivity contribution in [3.05, 3.63) is 43.7 Å². The molecule has 2 aliphatic rings. The highest BCUT2D eigenvalue weighted by Gasteiger charge is 2.34. The minimum Gasteiger partial charge on any atom is -0.507 e. The van der Waals surface area contributed by atoms with Crippen molar-refractivity contribution in [2.45, 2.75) is 45.7 Å². The van der Waals surface area contributed by atoms with E-state index in [2.05, 4.69) is 33.5 Å². The molecule has 2 heterocycles. The number of phenols is 1. The first-order valence-corrected chi connectivity index (χ1v) is 10.3. The van der Waals surface area contributed by atoms with Gasteiger partial charge in [0.15, 0.2) is 0 Å². The van der Waals surface area contributed by atoms with E-state index in [1.165, 1.54) is 16.9 Å². The number of amides is 1. The summed E-state index contributed by atoms with van der Waals surface area (Å²) in [5, 5.41) is 17.8. The van der Waals surface area contributed by atoms with Crippen LogP contribution < -0.4 is 10.6 Å². The van der Waals surface area contributed by atoms with Gasteiger partial charge in [0.1, 0.15) is 16.9 Å². The summed E-state index contributed by atoms with van der Waals surface area (Å²) in [6, 6.07) is 3.72. The summed E-state index contributed by atoms with van der Waals surface area (Å²) in [6.07, 6.45) is 3.99. The van der Waals surface area contributed by atoms with Crippen LogP contribution >= 0.6 is 27.3 Å². The molecule has 0 radical (unpaired) electrons.